The number of aromatic hydroxyl groups is 2. The number of benzene rings is 1. The van der Waals surface area contributed by atoms with Crippen molar-refractivity contribution in [2.24, 2.45) is 0 Å². The van der Waals surface area contributed by atoms with Crippen molar-refractivity contribution in [1.82, 2.24) is 4.98 Å². The molecule has 0 fully saturated rings. The summed E-state index contributed by atoms with van der Waals surface area (Å²) in [6.45, 7) is 0.452. The van der Waals surface area contributed by atoms with Crippen LogP contribution < -0.4 is 5.32 Å². The largest absolute Gasteiger partial charge is 0.508 e. The van der Waals surface area contributed by atoms with Crippen molar-refractivity contribution in [1.29, 1.82) is 0 Å². The second kappa shape index (κ2) is 4.79. The Balaban J connectivity index is 1.99. The average Bonchev–Trinajstić information content (AvgIpc) is 2.79. The fourth-order valence-electron chi connectivity index (χ4n) is 2.35. The summed E-state index contributed by atoms with van der Waals surface area (Å²) in [6, 6.07) is 5.75. The Labute approximate surface area is 123 Å². The summed E-state index contributed by atoms with van der Waals surface area (Å²) in [7, 11) is 0. The Bertz CT molecular complexity index is 683. The molecule has 0 saturated carbocycles. The Morgan fingerprint density at radius 2 is 1.95 bits per heavy atom. The lowest BCUT2D eigenvalue weighted by molar-refractivity contribution is 0.0965. The van der Waals surface area contributed by atoms with Gasteiger partial charge in [0.15, 0.2) is 5.78 Å². The normalized spacial score (nSPS) is 16.6. The van der Waals surface area contributed by atoms with Crippen molar-refractivity contribution >= 4 is 27.5 Å². The van der Waals surface area contributed by atoms with Crippen LogP contribution in [0.2, 0.25) is 0 Å². The van der Waals surface area contributed by atoms with Gasteiger partial charge in [0, 0.05) is 34.4 Å². The van der Waals surface area contributed by atoms with E-state index in [0.29, 0.717) is 12.4 Å². The van der Waals surface area contributed by atoms with Gasteiger partial charge in [-0.1, -0.05) is 0 Å². The lowest BCUT2D eigenvalue weighted by Crippen LogP contribution is -2.14. The number of carbonyl (C=O) groups is 1. The standard InChI is InChI=1S/C14H11BrN2O3/c15-8-3-11-12(6-17-14(11)16-5-8)13(20)7-1-9(18)4-10(19)2-7/h1-5,12,18-19H,6H2,(H,16,17). The van der Waals surface area contributed by atoms with E-state index in [1.807, 2.05) is 6.07 Å². The van der Waals surface area contributed by atoms with E-state index in [1.165, 1.54) is 18.2 Å². The number of hydrogen-bond acceptors (Lipinski definition) is 5. The maximum absolute atomic E-state index is 12.5. The zero-order chi connectivity index (χ0) is 14.3. The van der Waals surface area contributed by atoms with Crippen LogP contribution in [-0.4, -0.2) is 27.5 Å². The summed E-state index contributed by atoms with van der Waals surface area (Å²) in [4.78, 5) is 16.7. The van der Waals surface area contributed by atoms with Crippen LogP contribution in [0, 0.1) is 0 Å². The third-order valence-corrected chi connectivity index (χ3v) is 3.67. The minimum absolute atomic E-state index is 0.133. The first-order valence-electron chi connectivity index (χ1n) is 6.01. The Kier molecular flexibility index (Phi) is 3.10. The number of nitrogens with one attached hydrogen (secondary N) is 1. The molecule has 1 aromatic heterocycles. The van der Waals surface area contributed by atoms with Crippen LogP contribution in [-0.2, 0) is 0 Å². The molecule has 1 unspecified atom stereocenters. The number of aromatic nitrogens is 1. The highest BCUT2D eigenvalue weighted by Gasteiger charge is 2.30. The molecule has 5 nitrogen and oxygen atoms in total. The third-order valence-electron chi connectivity index (χ3n) is 3.24. The first-order chi connectivity index (χ1) is 9.54. The second-order valence-electron chi connectivity index (χ2n) is 4.63. The zero-order valence-electron chi connectivity index (χ0n) is 10.3. The van der Waals surface area contributed by atoms with E-state index < -0.39 is 0 Å². The number of rotatable bonds is 2. The second-order valence-corrected chi connectivity index (χ2v) is 5.54. The molecule has 0 saturated heterocycles. The molecule has 20 heavy (non-hydrogen) atoms. The molecule has 0 amide bonds. The fourth-order valence-corrected chi connectivity index (χ4v) is 2.70. The van der Waals surface area contributed by atoms with Crippen LogP contribution in [0.25, 0.3) is 0 Å². The first-order valence-corrected chi connectivity index (χ1v) is 6.80. The van der Waals surface area contributed by atoms with Gasteiger partial charge in [0.1, 0.15) is 17.3 Å². The number of halogens is 1. The lowest BCUT2D eigenvalue weighted by atomic mass is 9.93. The molecule has 1 aromatic carbocycles. The molecule has 102 valence electrons. The van der Waals surface area contributed by atoms with Gasteiger partial charge in [0.25, 0.3) is 0 Å². The number of hydrogen-bond donors (Lipinski definition) is 3. The molecular formula is C14H11BrN2O3. The molecule has 1 aliphatic heterocycles. The molecule has 0 bridgehead atoms. The highest BCUT2D eigenvalue weighted by Crippen LogP contribution is 2.35. The number of phenols is 2. The monoisotopic (exact) mass is 334 g/mol. The van der Waals surface area contributed by atoms with Gasteiger partial charge in [-0.25, -0.2) is 4.98 Å². The van der Waals surface area contributed by atoms with Crippen LogP contribution >= 0.6 is 15.9 Å². The summed E-state index contributed by atoms with van der Waals surface area (Å²) in [5.74, 6) is -0.117. The number of pyridine rings is 1. The minimum atomic E-state index is -0.379. The van der Waals surface area contributed by atoms with E-state index in [0.717, 1.165) is 10.0 Å². The lowest BCUT2D eigenvalue weighted by Gasteiger charge is -2.10. The predicted molar refractivity (Wildman–Crippen MR) is 77.3 cm³/mol. The van der Waals surface area contributed by atoms with E-state index >= 15 is 0 Å². The zero-order valence-corrected chi connectivity index (χ0v) is 11.9. The molecule has 3 rings (SSSR count). The number of fused-ring (bicyclic) bond motifs is 1. The summed E-state index contributed by atoms with van der Waals surface area (Å²) < 4.78 is 0.802. The van der Waals surface area contributed by atoms with Crippen molar-refractivity contribution in [2.75, 3.05) is 11.9 Å². The smallest absolute Gasteiger partial charge is 0.172 e. The van der Waals surface area contributed by atoms with E-state index in [4.69, 9.17) is 0 Å². The number of anilines is 1. The molecule has 2 aromatic rings. The van der Waals surface area contributed by atoms with Gasteiger partial charge in [-0.05, 0) is 34.1 Å². The molecule has 0 aliphatic carbocycles. The Hall–Kier alpha value is -2.08. The van der Waals surface area contributed by atoms with Gasteiger partial charge in [0.2, 0.25) is 0 Å². The number of nitrogens with zero attached hydrogens (tertiary/aromatic N) is 1. The fraction of sp³-hybridized carbons (Fsp3) is 0.143. The van der Waals surface area contributed by atoms with E-state index in [-0.39, 0.29) is 28.8 Å². The average molecular weight is 335 g/mol. The number of Topliss-reactive ketones (excluding diaryl/α,β-unsaturated/α-hetero) is 1. The molecule has 2 heterocycles. The number of phenolic OH excluding ortho intramolecular Hbond substituents is 2. The van der Waals surface area contributed by atoms with Crippen molar-refractivity contribution < 1.29 is 15.0 Å². The van der Waals surface area contributed by atoms with E-state index in [9.17, 15) is 15.0 Å². The molecular weight excluding hydrogens is 324 g/mol. The summed E-state index contributed by atoms with van der Waals surface area (Å²) in [5.41, 5.74) is 1.09. The maximum atomic E-state index is 12.5. The maximum Gasteiger partial charge on any atom is 0.172 e. The molecule has 0 spiro atoms. The highest BCUT2D eigenvalue weighted by atomic mass is 79.9. The summed E-state index contributed by atoms with van der Waals surface area (Å²) >= 11 is 3.34. The summed E-state index contributed by atoms with van der Waals surface area (Å²) in [5, 5.41) is 22.0. The van der Waals surface area contributed by atoms with Crippen LogP contribution in [0.5, 0.6) is 11.5 Å². The molecule has 1 aliphatic rings. The van der Waals surface area contributed by atoms with Gasteiger partial charge in [-0.3, -0.25) is 4.79 Å². The first kappa shape index (κ1) is 12.9. The SMILES string of the molecule is O=C(c1cc(O)cc(O)c1)C1CNc2ncc(Br)cc21. The van der Waals surface area contributed by atoms with Crippen LogP contribution in [0.1, 0.15) is 21.8 Å². The van der Waals surface area contributed by atoms with Gasteiger partial charge in [-0.2, -0.15) is 0 Å². The minimum Gasteiger partial charge on any atom is -0.508 e. The Morgan fingerprint density at radius 3 is 2.65 bits per heavy atom. The predicted octanol–water partition coefficient (Wildman–Crippen LogP) is 2.65. The van der Waals surface area contributed by atoms with Gasteiger partial charge in [0.05, 0.1) is 5.92 Å². The van der Waals surface area contributed by atoms with Gasteiger partial charge in [-0.15, -0.1) is 0 Å². The molecule has 6 heteroatoms. The molecule has 0 radical (unpaired) electrons. The van der Waals surface area contributed by atoms with Crippen LogP contribution in [0.3, 0.4) is 0 Å². The number of carbonyl (C=O) groups excluding carboxylic acids is 1. The number of ketones is 1. The third kappa shape index (κ3) is 2.22. The quantitative estimate of drug-likeness (QED) is 0.735. The highest BCUT2D eigenvalue weighted by molar-refractivity contribution is 9.10. The van der Waals surface area contributed by atoms with Crippen molar-refractivity contribution in [3.05, 3.63) is 46.1 Å². The molecule has 3 N–H and O–H groups in total. The van der Waals surface area contributed by atoms with Crippen LogP contribution in [0.15, 0.2) is 34.9 Å². The van der Waals surface area contributed by atoms with Gasteiger partial charge < -0.3 is 15.5 Å². The van der Waals surface area contributed by atoms with Crippen LogP contribution in [0.4, 0.5) is 5.82 Å². The Morgan fingerprint density at radius 1 is 1.25 bits per heavy atom. The van der Waals surface area contributed by atoms with E-state index in [2.05, 4.69) is 26.2 Å². The van der Waals surface area contributed by atoms with E-state index in [1.54, 1.807) is 6.20 Å². The summed E-state index contributed by atoms with van der Waals surface area (Å²) in [6.07, 6.45) is 1.67. The molecule has 1 atom stereocenters. The van der Waals surface area contributed by atoms with Crippen molar-refractivity contribution in [3.63, 3.8) is 0 Å². The van der Waals surface area contributed by atoms with Gasteiger partial charge >= 0.3 is 0 Å². The van der Waals surface area contributed by atoms with Crippen molar-refractivity contribution in [2.45, 2.75) is 5.92 Å². The topological polar surface area (TPSA) is 82.5 Å². The van der Waals surface area contributed by atoms with Crippen molar-refractivity contribution in [3.8, 4) is 11.5 Å².